The fourth-order valence-corrected chi connectivity index (χ4v) is 3.57. The van der Waals surface area contributed by atoms with Crippen LogP contribution in [-0.4, -0.2) is 33.3 Å². The number of aliphatic imine (C=N–C) groups is 1. The second kappa shape index (κ2) is 5.07. The lowest BCUT2D eigenvalue weighted by molar-refractivity contribution is -0.0180. The Morgan fingerprint density at radius 2 is 2.00 bits per heavy atom. The van der Waals surface area contributed by atoms with E-state index in [1.54, 1.807) is 14.2 Å². The third-order valence-electron chi connectivity index (χ3n) is 4.86. The molecule has 0 heterocycles. The Balaban J connectivity index is 2.08. The van der Waals surface area contributed by atoms with Crippen LogP contribution in [0, 0.1) is 23.2 Å². The molecule has 3 saturated carbocycles. The van der Waals surface area contributed by atoms with Gasteiger partial charge >= 0.3 is 0 Å². The van der Waals surface area contributed by atoms with Gasteiger partial charge in [0.25, 0.3) is 0 Å². The maximum absolute atomic E-state index is 5.21. The van der Waals surface area contributed by atoms with Gasteiger partial charge in [-0.15, -0.1) is 0 Å². The molecule has 3 heteroatoms. The third kappa shape index (κ3) is 2.27. The Bertz CT molecular complexity index is 299. The number of hydrogen-bond acceptors (Lipinski definition) is 3. The van der Waals surface area contributed by atoms with Gasteiger partial charge in [-0.1, -0.05) is 13.8 Å². The van der Waals surface area contributed by atoms with Crippen LogP contribution in [0.25, 0.3) is 0 Å². The maximum Gasteiger partial charge on any atom is 0.136 e. The lowest BCUT2D eigenvalue weighted by atomic mass is 9.45. The van der Waals surface area contributed by atoms with E-state index in [0.717, 1.165) is 18.9 Å². The second-order valence-corrected chi connectivity index (χ2v) is 6.02. The summed E-state index contributed by atoms with van der Waals surface area (Å²) in [6.45, 7) is 6.13. The standard InChI is InChI=1S/C14H25NO2/c1-14(2)11-7-10(5-6-16-3)13(12(14)8-11)15-9-17-4/h10-12H,5-9H2,1-4H3/t10-,11-,12-/m0/s1. The zero-order valence-corrected chi connectivity index (χ0v) is 11.5. The van der Waals surface area contributed by atoms with Crippen molar-refractivity contribution in [3.05, 3.63) is 0 Å². The highest BCUT2D eigenvalue weighted by atomic mass is 16.5. The molecule has 98 valence electrons. The van der Waals surface area contributed by atoms with Gasteiger partial charge in [0, 0.05) is 32.5 Å². The van der Waals surface area contributed by atoms with Gasteiger partial charge in [-0.3, -0.25) is 4.99 Å². The summed E-state index contributed by atoms with van der Waals surface area (Å²) in [7, 11) is 3.49. The highest BCUT2D eigenvalue weighted by molar-refractivity contribution is 5.92. The zero-order valence-electron chi connectivity index (χ0n) is 11.5. The maximum atomic E-state index is 5.21. The van der Waals surface area contributed by atoms with Crippen molar-refractivity contribution in [1.29, 1.82) is 0 Å². The van der Waals surface area contributed by atoms with Crippen molar-refractivity contribution in [2.45, 2.75) is 33.1 Å². The quantitative estimate of drug-likeness (QED) is 0.738. The van der Waals surface area contributed by atoms with E-state index in [1.165, 1.54) is 18.6 Å². The molecule has 3 rings (SSSR count). The summed E-state index contributed by atoms with van der Waals surface area (Å²) >= 11 is 0. The molecular formula is C14H25NO2. The predicted molar refractivity (Wildman–Crippen MR) is 69.3 cm³/mol. The van der Waals surface area contributed by atoms with E-state index in [4.69, 9.17) is 9.47 Å². The molecule has 3 nitrogen and oxygen atoms in total. The van der Waals surface area contributed by atoms with Gasteiger partial charge in [-0.05, 0) is 36.5 Å². The van der Waals surface area contributed by atoms with Gasteiger partial charge in [0.1, 0.15) is 6.73 Å². The molecule has 0 aromatic carbocycles. The Morgan fingerprint density at radius 1 is 1.24 bits per heavy atom. The summed E-state index contributed by atoms with van der Waals surface area (Å²) < 4.78 is 10.3. The molecule has 0 aliphatic heterocycles. The molecule has 3 atom stereocenters. The minimum atomic E-state index is 0.455. The number of rotatable bonds is 5. The highest BCUT2D eigenvalue weighted by Crippen LogP contribution is 2.59. The van der Waals surface area contributed by atoms with Gasteiger partial charge < -0.3 is 9.47 Å². The van der Waals surface area contributed by atoms with Crippen molar-refractivity contribution < 1.29 is 9.47 Å². The van der Waals surface area contributed by atoms with Crippen LogP contribution in [0.4, 0.5) is 0 Å². The van der Waals surface area contributed by atoms with Crippen LogP contribution in [-0.2, 0) is 9.47 Å². The normalized spacial score (nSPS) is 36.9. The minimum Gasteiger partial charge on any atom is -0.385 e. The van der Waals surface area contributed by atoms with Crippen LogP contribution in [0.5, 0.6) is 0 Å². The summed E-state index contributed by atoms with van der Waals surface area (Å²) in [6.07, 6.45) is 3.73. The summed E-state index contributed by atoms with van der Waals surface area (Å²) in [5, 5.41) is 0. The molecule has 0 unspecified atom stereocenters. The Kier molecular flexibility index (Phi) is 3.88. The smallest absolute Gasteiger partial charge is 0.136 e. The molecule has 3 aliphatic rings. The summed E-state index contributed by atoms with van der Waals surface area (Å²) in [4.78, 5) is 4.69. The van der Waals surface area contributed by atoms with Crippen molar-refractivity contribution in [1.82, 2.24) is 0 Å². The lowest BCUT2D eigenvalue weighted by Gasteiger charge is -2.59. The van der Waals surface area contributed by atoms with Crippen LogP contribution in [0.1, 0.15) is 33.1 Å². The molecule has 3 fully saturated rings. The van der Waals surface area contributed by atoms with Crippen LogP contribution < -0.4 is 0 Å². The summed E-state index contributed by atoms with van der Waals surface area (Å²) in [5.41, 5.74) is 1.85. The largest absolute Gasteiger partial charge is 0.385 e. The molecule has 0 amide bonds. The van der Waals surface area contributed by atoms with E-state index in [0.29, 0.717) is 24.0 Å². The first-order valence-electron chi connectivity index (χ1n) is 6.63. The average Bonchev–Trinajstić information content (AvgIpc) is 2.33. The number of methoxy groups -OCH3 is 2. The van der Waals surface area contributed by atoms with Gasteiger partial charge in [0.05, 0.1) is 0 Å². The van der Waals surface area contributed by atoms with Crippen molar-refractivity contribution in [3.8, 4) is 0 Å². The molecule has 0 spiro atoms. The first-order chi connectivity index (χ1) is 8.11. The van der Waals surface area contributed by atoms with Gasteiger partial charge in [-0.25, -0.2) is 0 Å². The second-order valence-electron chi connectivity index (χ2n) is 6.02. The Hall–Kier alpha value is -0.410. The minimum absolute atomic E-state index is 0.455. The number of nitrogens with zero attached hydrogens (tertiary/aromatic N) is 1. The van der Waals surface area contributed by atoms with Crippen molar-refractivity contribution in [2.24, 2.45) is 28.2 Å². The summed E-state index contributed by atoms with van der Waals surface area (Å²) in [5.74, 6) is 2.19. The van der Waals surface area contributed by atoms with Crippen LogP contribution in [0.3, 0.4) is 0 Å². The molecule has 2 bridgehead atoms. The molecule has 0 aromatic rings. The third-order valence-corrected chi connectivity index (χ3v) is 4.86. The molecule has 0 saturated heterocycles. The van der Waals surface area contributed by atoms with Crippen LogP contribution in [0.15, 0.2) is 4.99 Å². The number of hydrogen-bond donors (Lipinski definition) is 0. The number of fused-ring (bicyclic) bond motifs is 2. The van der Waals surface area contributed by atoms with E-state index >= 15 is 0 Å². The molecular weight excluding hydrogens is 214 g/mol. The highest BCUT2D eigenvalue weighted by Gasteiger charge is 2.55. The fourth-order valence-electron chi connectivity index (χ4n) is 3.57. The topological polar surface area (TPSA) is 30.8 Å². The van der Waals surface area contributed by atoms with Crippen molar-refractivity contribution >= 4 is 5.71 Å². The average molecular weight is 239 g/mol. The van der Waals surface area contributed by atoms with E-state index in [2.05, 4.69) is 18.8 Å². The molecule has 3 aliphatic carbocycles. The van der Waals surface area contributed by atoms with Crippen molar-refractivity contribution in [3.63, 3.8) is 0 Å². The van der Waals surface area contributed by atoms with Gasteiger partial charge in [0.15, 0.2) is 0 Å². The van der Waals surface area contributed by atoms with E-state index < -0.39 is 0 Å². The van der Waals surface area contributed by atoms with Crippen LogP contribution in [0.2, 0.25) is 0 Å². The van der Waals surface area contributed by atoms with Crippen LogP contribution >= 0.6 is 0 Å². The monoisotopic (exact) mass is 239 g/mol. The fraction of sp³-hybridized carbons (Fsp3) is 0.929. The number of ether oxygens (including phenoxy) is 2. The molecule has 0 N–H and O–H groups in total. The van der Waals surface area contributed by atoms with Gasteiger partial charge in [0.2, 0.25) is 0 Å². The first kappa shape index (κ1) is 13.0. The molecule has 0 radical (unpaired) electrons. The van der Waals surface area contributed by atoms with Crippen molar-refractivity contribution in [2.75, 3.05) is 27.6 Å². The first-order valence-corrected chi connectivity index (χ1v) is 6.63. The lowest BCUT2D eigenvalue weighted by Crippen LogP contribution is -2.56. The Morgan fingerprint density at radius 3 is 2.59 bits per heavy atom. The van der Waals surface area contributed by atoms with E-state index in [1.807, 2.05) is 0 Å². The molecule has 0 aromatic heterocycles. The molecule has 17 heavy (non-hydrogen) atoms. The predicted octanol–water partition coefficient (Wildman–Crippen LogP) is 2.75. The van der Waals surface area contributed by atoms with Gasteiger partial charge in [-0.2, -0.15) is 0 Å². The Labute approximate surface area is 105 Å². The SMILES string of the molecule is COCC[C@H]1C[C@H]2C[C@@H](C1=NCOC)C2(C)C. The van der Waals surface area contributed by atoms with E-state index in [-0.39, 0.29) is 0 Å². The summed E-state index contributed by atoms with van der Waals surface area (Å²) in [6, 6.07) is 0. The zero-order chi connectivity index (χ0) is 12.5. The van der Waals surface area contributed by atoms with E-state index in [9.17, 15) is 0 Å².